The summed E-state index contributed by atoms with van der Waals surface area (Å²) in [5.74, 6) is -1.08. The number of aryl methyl sites for hydroxylation is 1. The maximum atomic E-state index is 14.7. The Morgan fingerprint density at radius 2 is 1.76 bits per heavy atom. The van der Waals surface area contributed by atoms with E-state index in [1.54, 1.807) is 36.4 Å². The van der Waals surface area contributed by atoms with Gasteiger partial charge in [0, 0.05) is 35.1 Å². The Labute approximate surface area is 203 Å². The molecule has 0 bridgehead atoms. The maximum Gasteiger partial charge on any atom is 0.255 e. The van der Waals surface area contributed by atoms with Crippen molar-refractivity contribution in [3.8, 4) is 0 Å². The van der Waals surface area contributed by atoms with Gasteiger partial charge in [-0.05, 0) is 68.8 Å². The summed E-state index contributed by atoms with van der Waals surface area (Å²) in [5.41, 5.74) is 2.35. The molecule has 1 aliphatic rings. The molecule has 1 unspecified atom stereocenters. The molecule has 2 amide bonds. The molecule has 4 rings (SSSR count). The molecule has 1 saturated heterocycles. The van der Waals surface area contributed by atoms with Crippen LogP contribution in [0.15, 0.2) is 60.9 Å². The lowest BCUT2D eigenvalue weighted by molar-refractivity contribution is 0.0938. The van der Waals surface area contributed by atoms with Gasteiger partial charge in [0.1, 0.15) is 5.82 Å². The van der Waals surface area contributed by atoms with Crippen molar-refractivity contribution in [3.05, 3.63) is 94.0 Å². The van der Waals surface area contributed by atoms with Gasteiger partial charge in [-0.25, -0.2) is 4.39 Å². The maximum absolute atomic E-state index is 14.7. The van der Waals surface area contributed by atoms with Crippen molar-refractivity contribution in [2.75, 3.05) is 25.0 Å². The third kappa shape index (κ3) is 5.26. The number of halogens is 2. The molecule has 0 radical (unpaired) electrons. The number of aromatic nitrogens is 1. The van der Waals surface area contributed by atoms with E-state index in [-0.39, 0.29) is 30.2 Å². The Hall–Kier alpha value is -3.29. The molecule has 1 fully saturated rings. The number of hydrogen-bond acceptors (Lipinski definition) is 4. The second kappa shape index (κ2) is 10.8. The minimum atomic E-state index is -0.389. The van der Waals surface area contributed by atoms with Crippen LogP contribution in [-0.4, -0.2) is 41.3 Å². The molecule has 34 heavy (non-hydrogen) atoms. The highest BCUT2D eigenvalue weighted by Crippen LogP contribution is 2.32. The minimum Gasteiger partial charge on any atom is -0.350 e. The van der Waals surface area contributed by atoms with Crippen LogP contribution in [0.1, 0.15) is 50.7 Å². The molecular weight excluding hydrogens is 455 g/mol. The van der Waals surface area contributed by atoms with Crippen LogP contribution in [0.25, 0.3) is 0 Å². The van der Waals surface area contributed by atoms with Crippen LogP contribution in [-0.2, 0) is 0 Å². The summed E-state index contributed by atoms with van der Waals surface area (Å²) >= 11 is 6.37. The molecule has 176 valence electrons. The number of para-hydroxylation sites is 1. The van der Waals surface area contributed by atoms with E-state index >= 15 is 0 Å². The van der Waals surface area contributed by atoms with Crippen LogP contribution in [0.2, 0.25) is 5.02 Å². The van der Waals surface area contributed by atoms with Crippen LogP contribution in [0, 0.1) is 12.7 Å². The highest BCUT2D eigenvalue weighted by Gasteiger charge is 2.28. The SMILES string of the molecule is Cc1cccc(C(=O)NCC(c2c(F)cccc2Cl)N2CCCC2)c1NC(=O)c1ccncc1. The molecule has 1 aromatic heterocycles. The molecule has 1 atom stereocenters. The van der Waals surface area contributed by atoms with Crippen LogP contribution in [0.5, 0.6) is 0 Å². The number of pyridine rings is 1. The Kier molecular flexibility index (Phi) is 7.55. The second-order valence-corrected chi connectivity index (χ2v) is 8.70. The number of carbonyl (C=O) groups is 2. The first-order valence-electron chi connectivity index (χ1n) is 11.2. The molecule has 1 aliphatic heterocycles. The Balaban J connectivity index is 1.56. The average Bonchev–Trinajstić information content (AvgIpc) is 3.37. The summed E-state index contributed by atoms with van der Waals surface area (Å²) in [6.07, 6.45) is 5.10. The average molecular weight is 481 g/mol. The number of rotatable bonds is 7. The zero-order valence-electron chi connectivity index (χ0n) is 18.9. The summed E-state index contributed by atoms with van der Waals surface area (Å²) in [4.78, 5) is 32.0. The Bertz CT molecular complexity index is 1160. The third-order valence-corrected chi connectivity index (χ3v) is 6.40. The molecule has 0 saturated carbocycles. The number of nitrogens with zero attached hydrogens (tertiary/aromatic N) is 2. The summed E-state index contributed by atoms with van der Waals surface area (Å²) in [6, 6.07) is 12.7. The van der Waals surface area contributed by atoms with Crippen molar-refractivity contribution < 1.29 is 14.0 Å². The lowest BCUT2D eigenvalue weighted by Crippen LogP contribution is -2.37. The lowest BCUT2D eigenvalue weighted by atomic mass is 10.0. The van der Waals surface area contributed by atoms with Crippen LogP contribution >= 0.6 is 11.6 Å². The molecule has 2 heterocycles. The van der Waals surface area contributed by atoms with E-state index in [0.717, 1.165) is 31.5 Å². The monoisotopic (exact) mass is 480 g/mol. The van der Waals surface area contributed by atoms with Gasteiger partial charge in [0.25, 0.3) is 11.8 Å². The van der Waals surface area contributed by atoms with Crippen molar-refractivity contribution in [3.63, 3.8) is 0 Å². The molecule has 3 aromatic rings. The van der Waals surface area contributed by atoms with Crippen LogP contribution < -0.4 is 10.6 Å². The van der Waals surface area contributed by atoms with E-state index < -0.39 is 0 Å². The van der Waals surface area contributed by atoms with Crippen molar-refractivity contribution in [2.24, 2.45) is 0 Å². The second-order valence-electron chi connectivity index (χ2n) is 8.29. The van der Waals surface area contributed by atoms with E-state index in [4.69, 9.17) is 11.6 Å². The van der Waals surface area contributed by atoms with Gasteiger partial charge in [-0.15, -0.1) is 0 Å². The lowest BCUT2D eigenvalue weighted by Gasteiger charge is -2.29. The fourth-order valence-corrected chi connectivity index (χ4v) is 4.58. The first-order chi connectivity index (χ1) is 16.5. The van der Waals surface area contributed by atoms with Gasteiger partial charge < -0.3 is 10.6 Å². The normalized spacial score (nSPS) is 14.6. The van der Waals surface area contributed by atoms with Gasteiger partial charge in [-0.3, -0.25) is 19.5 Å². The summed E-state index contributed by atoms with van der Waals surface area (Å²) in [7, 11) is 0. The predicted octanol–water partition coefficient (Wildman–Crippen LogP) is 5.00. The molecule has 0 aliphatic carbocycles. The highest BCUT2D eigenvalue weighted by atomic mass is 35.5. The van der Waals surface area contributed by atoms with E-state index in [1.807, 2.05) is 13.0 Å². The van der Waals surface area contributed by atoms with Crippen molar-refractivity contribution in [2.45, 2.75) is 25.8 Å². The van der Waals surface area contributed by atoms with E-state index in [1.165, 1.54) is 18.5 Å². The molecule has 8 heteroatoms. The number of amides is 2. The number of nitrogens with one attached hydrogen (secondary N) is 2. The van der Waals surface area contributed by atoms with E-state index in [0.29, 0.717) is 27.4 Å². The number of carbonyl (C=O) groups excluding carboxylic acids is 2. The Morgan fingerprint density at radius 3 is 2.47 bits per heavy atom. The number of hydrogen-bond donors (Lipinski definition) is 2. The predicted molar refractivity (Wildman–Crippen MR) is 131 cm³/mol. The Morgan fingerprint density at radius 1 is 1.06 bits per heavy atom. The van der Waals surface area contributed by atoms with Gasteiger partial charge in [0.2, 0.25) is 0 Å². The van der Waals surface area contributed by atoms with E-state index in [2.05, 4.69) is 20.5 Å². The zero-order valence-corrected chi connectivity index (χ0v) is 19.6. The van der Waals surface area contributed by atoms with Crippen molar-refractivity contribution >= 4 is 29.1 Å². The number of likely N-dealkylation sites (tertiary alicyclic amines) is 1. The number of anilines is 1. The standard InChI is InChI=1S/C26H26ClFN4O2/c1-17-6-4-7-19(24(17)31-25(33)18-10-12-29-13-11-18)26(34)30-16-22(32-14-2-3-15-32)23-20(27)8-5-9-21(23)28/h4-13,22H,2-3,14-16H2,1H3,(H,30,34)(H,31,33). The third-order valence-electron chi connectivity index (χ3n) is 6.07. The molecule has 2 N–H and O–H groups in total. The van der Waals surface area contributed by atoms with Gasteiger partial charge in [-0.1, -0.05) is 29.8 Å². The minimum absolute atomic E-state index is 0.186. The molecule has 2 aromatic carbocycles. The zero-order chi connectivity index (χ0) is 24.1. The topological polar surface area (TPSA) is 74.3 Å². The summed E-state index contributed by atoms with van der Waals surface area (Å²) < 4.78 is 14.7. The van der Waals surface area contributed by atoms with Gasteiger partial charge >= 0.3 is 0 Å². The molecule has 0 spiro atoms. The van der Waals surface area contributed by atoms with Gasteiger partial charge in [0.15, 0.2) is 0 Å². The largest absolute Gasteiger partial charge is 0.350 e. The van der Waals surface area contributed by atoms with Crippen LogP contribution in [0.3, 0.4) is 0 Å². The van der Waals surface area contributed by atoms with Crippen LogP contribution in [0.4, 0.5) is 10.1 Å². The molecular formula is C26H26ClFN4O2. The number of benzene rings is 2. The van der Waals surface area contributed by atoms with Gasteiger partial charge in [-0.2, -0.15) is 0 Å². The van der Waals surface area contributed by atoms with Gasteiger partial charge in [0.05, 0.1) is 17.3 Å². The first kappa shape index (κ1) is 23.9. The quantitative estimate of drug-likeness (QED) is 0.499. The first-order valence-corrected chi connectivity index (χ1v) is 11.6. The smallest absolute Gasteiger partial charge is 0.255 e. The fraction of sp³-hybridized carbons (Fsp3) is 0.269. The highest BCUT2D eigenvalue weighted by molar-refractivity contribution is 6.31. The van der Waals surface area contributed by atoms with E-state index in [9.17, 15) is 14.0 Å². The fourth-order valence-electron chi connectivity index (χ4n) is 4.29. The van der Waals surface area contributed by atoms with Crippen molar-refractivity contribution in [1.29, 1.82) is 0 Å². The molecule has 6 nitrogen and oxygen atoms in total. The summed E-state index contributed by atoms with van der Waals surface area (Å²) in [5, 5.41) is 6.13. The van der Waals surface area contributed by atoms with Crippen molar-refractivity contribution in [1.82, 2.24) is 15.2 Å². The summed E-state index contributed by atoms with van der Waals surface area (Å²) in [6.45, 7) is 3.63.